The van der Waals surface area contributed by atoms with E-state index in [2.05, 4.69) is 26.1 Å². The van der Waals surface area contributed by atoms with Gasteiger partial charge < -0.3 is 9.47 Å². The van der Waals surface area contributed by atoms with Crippen molar-refractivity contribution in [3.05, 3.63) is 12.3 Å². The first-order chi connectivity index (χ1) is 7.35. The van der Waals surface area contributed by atoms with Crippen LogP contribution in [0.15, 0.2) is 12.3 Å². The molecule has 0 aliphatic heterocycles. The summed E-state index contributed by atoms with van der Waals surface area (Å²) >= 11 is 0. The fraction of sp³-hybridized carbons (Fsp3) is 0.833. The molecule has 0 rings (SSSR count). The van der Waals surface area contributed by atoms with Crippen molar-refractivity contribution in [1.29, 1.82) is 0 Å². The van der Waals surface area contributed by atoms with Crippen LogP contribution in [0.3, 0.4) is 0 Å². The molecule has 0 spiro atoms. The van der Waals surface area contributed by atoms with E-state index in [1.165, 1.54) is 12.8 Å². The highest BCUT2D eigenvalue weighted by molar-refractivity contribution is 6.41. The van der Waals surface area contributed by atoms with E-state index in [0.717, 1.165) is 32.1 Å². The Labute approximate surface area is 96.9 Å². The van der Waals surface area contributed by atoms with E-state index in [1.807, 2.05) is 0 Å². The SMILES string of the molecule is C=C[SiH2]CC(OCCCC)OCCCC. The lowest BCUT2D eigenvalue weighted by Crippen LogP contribution is -2.20. The molecule has 0 saturated heterocycles. The van der Waals surface area contributed by atoms with Crippen LogP contribution in [0.5, 0.6) is 0 Å². The maximum atomic E-state index is 5.70. The van der Waals surface area contributed by atoms with Crippen LogP contribution in [-0.4, -0.2) is 29.0 Å². The zero-order valence-electron chi connectivity index (χ0n) is 10.3. The zero-order valence-corrected chi connectivity index (χ0v) is 11.7. The topological polar surface area (TPSA) is 18.5 Å². The Morgan fingerprint density at radius 2 is 1.67 bits per heavy atom. The number of rotatable bonds is 11. The van der Waals surface area contributed by atoms with Gasteiger partial charge in [-0.25, -0.2) is 0 Å². The Morgan fingerprint density at radius 3 is 2.07 bits per heavy atom. The molecule has 0 N–H and O–H groups in total. The van der Waals surface area contributed by atoms with Crippen molar-refractivity contribution >= 4 is 9.52 Å². The molecule has 0 bridgehead atoms. The summed E-state index contributed by atoms with van der Waals surface area (Å²) in [6, 6.07) is 1.07. The minimum Gasteiger partial charge on any atom is -0.353 e. The molecule has 0 aliphatic carbocycles. The van der Waals surface area contributed by atoms with E-state index in [4.69, 9.17) is 9.47 Å². The van der Waals surface area contributed by atoms with Crippen LogP contribution in [0, 0.1) is 0 Å². The molecule has 0 heterocycles. The summed E-state index contributed by atoms with van der Waals surface area (Å²) in [6.45, 7) is 9.79. The minimum atomic E-state index is -0.180. The molecule has 2 nitrogen and oxygen atoms in total. The molecular weight excluding hydrogens is 204 g/mol. The highest BCUT2D eigenvalue weighted by atomic mass is 28.2. The standard InChI is InChI=1S/C12H26O2Si/c1-4-7-9-13-12(11-15-6-3)14-10-8-5-2/h6,12H,3-5,7-11,15H2,1-2H3. The molecule has 0 aromatic rings. The second kappa shape index (κ2) is 11.9. The molecule has 0 radical (unpaired) electrons. The van der Waals surface area contributed by atoms with Crippen molar-refractivity contribution < 1.29 is 9.47 Å². The molecule has 0 amide bonds. The van der Waals surface area contributed by atoms with Gasteiger partial charge in [-0.2, -0.15) is 0 Å². The van der Waals surface area contributed by atoms with Gasteiger partial charge in [0.05, 0.1) is 9.52 Å². The molecule has 0 aromatic heterocycles. The van der Waals surface area contributed by atoms with Gasteiger partial charge in [-0.3, -0.25) is 0 Å². The summed E-state index contributed by atoms with van der Waals surface area (Å²) in [6.07, 6.45) is 4.65. The van der Waals surface area contributed by atoms with Crippen LogP contribution in [0.1, 0.15) is 39.5 Å². The molecule has 0 saturated carbocycles. The van der Waals surface area contributed by atoms with Crippen LogP contribution >= 0.6 is 0 Å². The van der Waals surface area contributed by atoms with Crippen molar-refractivity contribution in [3.63, 3.8) is 0 Å². The third-order valence-electron chi connectivity index (χ3n) is 2.21. The van der Waals surface area contributed by atoms with Gasteiger partial charge in [0.25, 0.3) is 0 Å². The van der Waals surface area contributed by atoms with E-state index in [0.29, 0.717) is 0 Å². The molecule has 0 atom stereocenters. The van der Waals surface area contributed by atoms with E-state index in [1.54, 1.807) is 0 Å². The Hall–Kier alpha value is -0.123. The van der Waals surface area contributed by atoms with Crippen molar-refractivity contribution in [3.8, 4) is 0 Å². The predicted molar refractivity (Wildman–Crippen MR) is 69.1 cm³/mol. The lowest BCUT2D eigenvalue weighted by atomic mass is 10.4. The fourth-order valence-corrected chi connectivity index (χ4v) is 2.03. The van der Waals surface area contributed by atoms with Gasteiger partial charge >= 0.3 is 0 Å². The highest BCUT2D eigenvalue weighted by Gasteiger charge is 2.07. The summed E-state index contributed by atoms with van der Waals surface area (Å²) in [5.74, 6) is 0. The van der Waals surface area contributed by atoms with E-state index in [9.17, 15) is 0 Å². The third-order valence-corrected chi connectivity index (χ3v) is 3.42. The quantitative estimate of drug-likeness (QED) is 0.309. The maximum Gasteiger partial charge on any atom is 0.155 e. The molecule has 15 heavy (non-hydrogen) atoms. The van der Waals surface area contributed by atoms with E-state index < -0.39 is 0 Å². The van der Waals surface area contributed by atoms with Crippen molar-refractivity contribution in [2.24, 2.45) is 0 Å². The summed E-state index contributed by atoms with van der Waals surface area (Å²) in [5, 5.41) is 0. The van der Waals surface area contributed by atoms with Crippen LogP contribution in [0.4, 0.5) is 0 Å². The molecule has 3 heteroatoms. The van der Waals surface area contributed by atoms with Crippen LogP contribution in [0.25, 0.3) is 0 Å². The van der Waals surface area contributed by atoms with Gasteiger partial charge in [-0.05, 0) is 18.9 Å². The third kappa shape index (κ3) is 10.2. The average molecular weight is 230 g/mol. The summed E-state index contributed by atoms with van der Waals surface area (Å²) in [4.78, 5) is 0. The van der Waals surface area contributed by atoms with Crippen LogP contribution in [-0.2, 0) is 9.47 Å². The second-order valence-corrected chi connectivity index (χ2v) is 5.48. The molecule has 0 aliphatic rings. The highest BCUT2D eigenvalue weighted by Crippen LogP contribution is 2.04. The molecule has 0 fully saturated rings. The lowest BCUT2D eigenvalue weighted by molar-refractivity contribution is -0.131. The first-order valence-corrected chi connectivity index (χ1v) is 8.00. The summed E-state index contributed by atoms with van der Waals surface area (Å²) in [7, 11) is -0.180. The van der Waals surface area contributed by atoms with Gasteiger partial charge in [0.2, 0.25) is 0 Å². The second-order valence-electron chi connectivity index (χ2n) is 3.74. The number of hydrogen-bond donors (Lipinski definition) is 0. The first-order valence-electron chi connectivity index (χ1n) is 6.19. The smallest absolute Gasteiger partial charge is 0.155 e. The van der Waals surface area contributed by atoms with Gasteiger partial charge in [0.15, 0.2) is 6.29 Å². The average Bonchev–Trinajstić information content (AvgIpc) is 2.25. The fourth-order valence-electron chi connectivity index (χ4n) is 1.19. The largest absolute Gasteiger partial charge is 0.353 e. The summed E-state index contributed by atoms with van der Waals surface area (Å²) in [5.41, 5.74) is 2.05. The number of hydrogen-bond acceptors (Lipinski definition) is 2. The van der Waals surface area contributed by atoms with Crippen molar-refractivity contribution in [1.82, 2.24) is 0 Å². The van der Waals surface area contributed by atoms with Crippen molar-refractivity contribution in [2.45, 2.75) is 51.9 Å². The van der Waals surface area contributed by atoms with Crippen LogP contribution < -0.4 is 0 Å². The number of unbranched alkanes of at least 4 members (excludes halogenated alkanes) is 2. The van der Waals surface area contributed by atoms with Gasteiger partial charge in [-0.15, -0.1) is 12.3 Å². The Morgan fingerprint density at radius 1 is 1.13 bits per heavy atom. The monoisotopic (exact) mass is 230 g/mol. The van der Waals surface area contributed by atoms with Gasteiger partial charge in [-0.1, -0.05) is 26.7 Å². The van der Waals surface area contributed by atoms with E-state index in [-0.39, 0.29) is 15.8 Å². The van der Waals surface area contributed by atoms with Crippen molar-refractivity contribution in [2.75, 3.05) is 13.2 Å². The number of ether oxygens (including phenoxy) is 2. The Bertz CT molecular complexity index is 130. The maximum absolute atomic E-state index is 5.70. The van der Waals surface area contributed by atoms with E-state index >= 15 is 0 Å². The first kappa shape index (κ1) is 14.9. The molecular formula is C12H26O2Si. The molecule has 90 valence electrons. The predicted octanol–water partition coefficient (Wildman–Crippen LogP) is 2.68. The van der Waals surface area contributed by atoms with Crippen LogP contribution in [0.2, 0.25) is 6.04 Å². The normalized spacial score (nSPS) is 11.7. The van der Waals surface area contributed by atoms with Gasteiger partial charge in [0.1, 0.15) is 0 Å². The molecule has 0 unspecified atom stereocenters. The Balaban J connectivity index is 3.57. The zero-order chi connectivity index (χ0) is 11.4. The summed E-state index contributed by atoms with van der Waals surface area (Å²) < 4.78 is 11.4. The molecule has 0 aromatic carbocycles. The lowest BCUT2D eigenvalue weighted by Gasteiger charge is -2.17. The minimum absolute atomic E-state index is 0.0350. The Kier molecular flexibility index (Phi) is 11.9. The van der Waals surface area contributed by atoms with Gasteiger partial charge in [0, 0.05) is 13.2 Å².